The van der Waals surface area contributed by atoms with E-state index in [4.69, 9.17) is 22.2 Å². The van der Waals surface area contributed by atoms with Crippen molar-refractivity contribution in [2.75, 3.05) is 0 Å². The molecule has 0 nitrogen and oxygen atoms in total. The molecule has 26 heavy (non-hydrogen) atoms. The van der Waals surface area contributed by atoms with Crippen molar-refractivity contribution in [1.82, 2.24) is 0 Å². The molecule has 0 aromatic rings. The Balaban J connectivity index is 2.97. The van der Waals surface area contributed by atoms with Crippen molar-refractivity contribution in [2.45, 2.75) is 148 Å². The molecule has 0 amide bonds. The molecule has 0 unspecified atom stereocenters. The summed E-state index contributed by atoms with van der Waals surface area (Å²) in [6, 6.07) is 1.10. The molecule has 0 radical (unpaired) electrons. The number of hydrogen-bond donors (Lipinski definition) is 0. The molecule has 0 spiro atoms. The van der Waals surface area contributed by atoms with Crippen LogP contribution in [-0.2, 0) is 0 Å². The molecular weight excluding hydrogens is 375 g/mol. The maximum Gasteiger partial charge on any atom is 0.237 e. The first kappa shape index (κ1) is 26.8. The van der Waals surface area contributed by atoms with Crippen LogP contribution in [0, 0.1) is 0 Å². The van der Waals surface area contributed by atoms with Gasteiger partial charge in [-0.05, 0) is 6.04 Å². The lowest BCUT2D eigenvalue weighted by molar-refractivity contribution is 0.521. The molecule has 0 aliphatic carbocycles. The number of halogens is 2. The average molecular weight is 424 g/mol. The minimum absolute atomic E-state index is 1.10. The monoisotopic (exact) mass is 422 g/mol. The summed E-state index contributed by atoms with van der Waals surface area (Å²) in [7, 11) is -1.33. The Kier molecular flexibility index (Phi) is 24.6. The van der Waals surface area contributed by atoms with Crippen molar-refractivity contribution in [1.29, 1.82) is 0 Å². The van der Waals surface area contributed by atoms with Gasteiger partial charge in [-0.3, -0.25) is 0 Å². The topological polar surface area (TPSA) is 0 Å². The summed E-state index contributed by atoms with van der Waals surface area (Å²) in [5.41, 5.74) is 0. The van der Waals surface area contributed by atoms with Crippen molar-refractivity contribution in [3.8, 4) is 0 Å². The third kappa shape index (κ3) is 24.8. The van der Waals surface area contributed by atoms with Crippen LogP contribution in [0.1, 0.15) is 142 Å². The molecule has 0 aliphatic rings. The quantitative estimate of drug-likeness (QED) is 0.0923. The van der Waals surface area contributed by atoms with Crippen molar-refractivity contribution >= 4 is 29.6 Å². The van der Waals surface area contributed by atoms with Gasteiger partial charge in [-0.2, -0.15) is 22.2 Å². The summed E-state index contributed by atoms with van der Waals surface area (Å²) in [4.78, 5) is 0. The summed E-state index contributed by atoms with van der Waals surface area (Å²) in [5, 5.41) is 0. The Bertz CT molecular complexity index is 246. The highest BCUT2D eigenvalue weighted by Gasteiger charge is 2.00. The Labute approximate surface area is 177 Å². The second kappa shape index (κ2) is 23.8. The van der Waals surface area contributed by atoms with E-state index in [2.05, 4.69) is 6.92 Å². The first-order chi connectivity index (χ1) is 12.8. The summed E-state index contributed by atoms with van der Waals surface area (Å²) in [6.45, 7) is 2.30. The standard InChI is InChI=1S/C23H48Cl2Si/c1-2-3-4-5-6-7-8-9-10-11-12-13-14-15-16-17-18-19-20-21-22-23-26(24)25/h26H,2-23H2,1H3. The Morgan fingerprint density at radius 2 is 0.615 bits per heavy atom. The van der Waals surface area contributed by atoms with Crippen molar-refractivity contribution in [2.24, 2.45) is 0 Å². The average Bonchev–Trinajstić information content (AvgIpc) is 2.62. The molecule has 0 saturated heterocycles. The highest BCUT2D eigenvalue weighted by atomic mass is 35.7. The number of unbranched alkanes of at least 4 members (excludes halogenated alkanes) is 20. The predicted octanol–water partition coefficient (Wildman–Crippen LogP) is 9.90. The second-order valence-electron chi connectivity index (χ2n) is 8.25. The minimum atomic E-state index is -1.33. The largest absolute Gasteiger partial charge is 0.237 e. The molecule has 0 fully saturated rings. The predicted molar refractivity (Wildman–Crippen MR) is 126 cm³/mol. The summed E-state index contributed by atoms with van der Waals surface area (Å²) < 4.78 is 0. The van der Waals surface area contributed by atoms with Crippen molar-refractivity contribution in [3.05, 3.63) is 0 Å². The molecule has 0 aliphatic heterocycles. The maximum absolute atomic E-state index is 5.87. The van der Waals surface area contributed by atoms with E-state index in [1.54, 1.807) is 0 Å². The lowest BCUT2D eigenvalue weighted by atomic mass is 10.0. The zero-order valence-corrected chi connectivity index (χ0v) is 20.6. The van der Waals surface area contributed by atoms with E-state index in [0.29, 0.717) is 0 Å². The van der Waals surface area contributed by atoms with Gasteiger partial charge in [-0.1, -0.05) is 142 Å². The Morgan fingerprint density at radius 3 is 0.846 bits per heavy atom. The summed E-state index contributed by atoms with van der Waals surface area (Å²) in [5.74, 6) is 0. The SMILES string of the molecule is CCCCCCCCCCCCCCCCCCCCCCC[SiH](Cl)Cl. The molecule has 0 aromatic carbocycles. The zero-order chi connectivity index (χ0) is 19.1. The molecule has 3 heteroatoms. The van der Waals surface area contributed by atoms with Crippen molar-refractivity contribution in [3.63, 3.8) is 0 Å². The fourth-order valence-corrected chi connectivity index (χ4v) is 5.25. The lowest BCUT2D eigenvalue weighted by Gasteiger charge is -2.04. The first-order valence-electron chi connectivity index (χ1n) is 12.1. The molecule has 0 aromatic heterocycles. The van der Waals surface area contributed by atoms with Gasteiger partial charge in [0.15, 0.2) is 0 Å². The van der Waals surface area contributed by atoms with Crippen LogP contribution in [0.2, 0.25) is 6.04 Å². The van der Waals surface area contributed by atoms with Gasteiger partial charge in [0.05, 0.1) is 0 Å². The van der Waals surface area contributed by atoms with E-state index in [9.17, 15) is 0 Å². The van der Waals surface area contributed by atoms with E-state index in [1.165, 1.54) is 135 Å². The van der Waals surface area contributed by atoms with Gasteiger partial charge >= 0.3 is 0 Å². The van der Waals surface area contributed by atoms with Crippen molar-refractivity contribution < 1.29 is 0 Å². The molecule has 0 N–H and O–H groups in total. The van der Waals surface area contributed by atoms with E-state index >= 15 is 0 Å². The van der Waals surface area contributed by atoms with Crippen LogP contribution < -0.4 is 0 Å². The van der Waals surface area contributed by atoms with Gasteiger partial charge in [0.1, 0.15) is 0 Å². The normalized spacial score (nSPS) is 11.5. The van der Waals surface area contributed by atoms with E-state index in [1.807, 2.05) is 0 Å². The highest BCUT2D eigenvalue weighted by molar-refractivity contribution is 7.33. The fraction of sp³-hybridized carbons (Fsp3) is 1.00. The highest BCUT2D eigenvalue weighted by Crippen LogP contribution is 2.16. The molecule has 158 valence electrons. The van der Waals surface area contributed by atoms with Crippen LogP contribution in [0.25, 0.3) is 0 Å². The molecule has 0 heterocycles. The molecule has 0 rings (SSSR count). The Hall–Kier alpha value is 0.797. The van der Waals surface area contributed by atoms with Gasteiger partial charge in [0.25, 0.3) is 0 Å². The van der Waals surface area contributed by atoms with Crippen LogP contribution in [0.15, 0.2) is 0 Å². The van der Waals surface area contributed by atoms with E-state index in [0.717, 1.165) is 6.04 Å². The number of hydrogen-bond acceptors (Lipinski definition) is 0. The van der Waals surface area contributed by atoms with Crippen LogP contribution in [-0.4, -0.2) is 7.42 Å². The smallest absolute Gasteiger partial charge is 0.150 e. The minimum Gasteiger partial charge on any atom is -0.150 e. The molecule has 0 atom stereocenters. The lowest BCUT2D eigenvalue weighted by Crippen LogP contribution is -1.91. The van der Waals surface area contributed by atoms with Crippen LogP contribution in [0.3, 0.4) is 0 Å². The van der Waals surface area contributed by atoms with Crippen LogP contribution in [0.5, 0.6) is 0 Å². The second-order valence-corrected chi connectivity index (χ2v) is 13.4. The van der Waals surface area contributed by atoms with Crippen LogP contribution in [0.4, 0.5) is 0 Å². The maximum atomic E-state index is 5.87. The zero-order valence-electron chi connectivity index (χ0n) is 17.9. The molecule has 0 bridgehead atoms. The molecular formula is C23H48Cl2Si. The Morgan fingerprint density at radius 1 is 0.385 bits per heavy atom. The van der Waals surface area contributed by atoms with Gasteiger partial charge in [0.2, 0.25) is 7.42 Å². The van der Waals surface area contributed by atoms with Gasteiger partial charge < -0.3 is 0 Å². The summed E-state index contributed by atoms with van der Waals surface area (Å²) >= 11 is 11.7. The van der Waals surface area contributed by atoms with Gasteiger partial charge in [0, 0.05) is 0 Å². The third-order valence-corrected chi connectivity index (χ3v) is 7.68. The first-order valence-corrected chi connectivity index (χ1v) is 16.4. The number of rotatable bonds is 22. The summed E-state index contributed by atoms with van der Waals surface area (Å²) in [6.07, 6.45) is 30.2. The van der Waals surface area contributed by atoms with E-state index in [-0.39, 0.29) is 0 Å². The van der Waals surface area contributed by atoms with E-state index < -0.39 is 7.42 Å². The van der Waals surface area contributed by atoms with Gasteiger partial charge in [-0.25, -0.2) is 0 Å². The third-order valence-electron chi connectivity index (χ3n) is 5.53. The fourth-order valence-electron chi connectivity index (χ4n) is 3.73. The van der Waals surface area contributed by atoms with Crippen LogP contribution >= 0.6 is 22.2 Å². The van der Waals surface area contributed by atoms with Gasteiger partial charge in [-0.15, -0.1) is 0 Å². The molecule has 0 saturated carbocycles.